The zero-order valence-corrected chi connectivity index (χ0v) is 15.3. The summed E-state index contributed by atoms with van der Waals surface area (Å²) in [5.41, 5.74) is 0.595. The quantitative estimate of drug-likeness (QED) is 0.634. The number of ketones is 2. The Hall–Kier alpha value is -0.660. The van der Waals surface area contributed by atoms with Gasteiger partial charge in [-0.1, -0.05) is 27.7 Å². The summed E-state index contributed by atoms with van der Waals surface area (Å²) < 4.78 is 0. The first-order valence-electron chi connectivity index (χ1n) is 9.71. The van der Waals surface area contributed by atoms with Crippen LogP contribution < -0.4 is 0 Å². The second-order valence-electron chi connectivity index (χ2n) is 10.2. The van der Waals surface area contributed by atoms with E-state index in [0.29, 0.717) is 28.8 Å². The van der Waals surface area contributed by atoms with E-state index in [1.54, 1.807) is 0 Å². The van der Waals surface area contributed by atoms with E-state index >= 15 is 0 Å². The molecule has 0 N–H and O–H groups in total. The number of carbonyl (C=O) groups excluding carboxylic acids is 2. The minimum absolute atomic E-state index is 0.0806. The maximum absolute atomic E-state index is 12.6. The van der Waals surface area contributed by atoms with Gasteiger partial charge in [0.1, 0.15) is 11.6 Å². The van der Waals surface area contributed by atoms with E-state index in [0.717, 1.165) is 38.5 Å². The van der Waals surface area contributed by atoms with E-state index in [1.165, 1.54) is 19.3 Å². The van der Waals surface area contributed by atoms with E-state index in [9.17, 15) is 9.59 Å². The van der Waals surface area contributed by atoms with Gasteiger partial charge in [0.25, 0.3) is 0 Å². The van der Waals surface area contributed by atoms with Gasteiger partial charge in [-0.15, -0.1) is 0 Å². The zero-order chi connectivity index (χ0) is 16.7. The van der Waals surface area contributed by atoms with Crippen molar-refractivity contribution in [3.05, 3.63) is 0 Å². The fourth-order valence-corrected chi connectivity index (χ4v) is 7.54. The Bertz CT molecular complexity index is 580. The molecule has 0 saturated heterocycles. The Morgan fingerprint density at radius 1 is 0.783 bits per heavy atom. The summed E-state index contributed by atoms with van der Waals surface area (Å²) in [7, 11) is 0. The lowest BCUT2D eigenvalue weighted by atomic mass is 9.38. The van der Waals surface area contributed by atoms with Crippen molar-refractivity contribution < 1.29 is 9.59 Å². The van der Waals surface area contributed by atoms with Gasteiger partial charge in [0.2, 0.25) is 0 Å². The summed E-state index contributed by atoms with van der Waals surface area (Å²) in [5, 5.41) is 0. The van der Waals surface area contributed by atoms with Gasteiger partial charge >= 0.3 is 0 Å². The largest absolute Gasteiger partial charge is 0.300 e. The third kappa shape index (κ3) is 1.71. The Kier molecular flexibility index (Phi) is 3.09. The van der Waals surface area contributed by atoms with Gasteiger partial charge in [-0.2, -0.15) is 0 Å². The molecule has 0 aromatic heterocycles. The Labute approximate surface area is 140 Å². The first-order valence-corrected chi connectivity index (χ1v) is 9.71. The number of hydrogen-bond donors (Lipinski definition) is 0. The molecule has 0 spiro atoms. The molecule has 0 radical (unpaired) electrons. The number of Topliss-reactive ketones (excluding diaryl/α,β-unsaturated/α-hetero) is 2. The monoisotopic (exact) mass is 316 g/mol. The summed E-state index contributed by atoms with van der Waals surface area (Å²) in [4.78, 5) is 24.8. The highest BCUT2D eigenvalue weighted by atomic mass is 16.1. The van der Waals surface area contributed by atoms with Crippen LogP contribution in [-0.2, 0) is 9.59 Å². The highest BCUT2D eigenvalue weighted by Gasteiger charge is 2.67. The average molecular weight is 316 g/mol. The van der Waals surface area contributed by atoms with Gasteiger partial charge in [-0.25, -0.2) is 0 Å². The van der Waals surface area contributed by atoms with Gasteiger partial charge in [0, 0.05) is 24.7 Å². The highest BCUT2D eigenvalue weighted by Crippen LogP contribution is 2.72. The van der Waals surface area contributed by atoms with Crippen molar-refractivity contribution in [2.24, 2.45) is 33.5 Å². The van der Waals surface area contributed by atoms with E-state index in [4.69, 9.17) is 0 Å². The van der Waals surface area contributed by atoms with Gasteiger partial charge in [-0.3, -0.25) is 9.59 Å². The van der Waals surface area contributed by atoms with E-state index < -0.39 is 0 Å². The molecule has 0 heterocycles. The van der Waals surface area contributed by atoms with Gasteiger partial charge in [0.05, 0.1) is 0 Å². The van der Waals surface area contributed by atoms with E-state index in [2.05, 4.69) is 27.7 Å². The molecule has 2 nitrogen and oxygen atoms in total. The lowest BCUT2D eigenvalue weighted by Gasteiger charge is -2.66. The van der Waals surface area contributed by atoms with E-state index in [1.807, 2.05) is 0 Å². The topological polar surface area (TPSA) is 34.1 Å². The summed E-state index contributed by atoms with van der Waals surface area (Å²) >= 11 is 0. The number of hydrogen-bond acceptors (Lipinski definition) is 2. The van der Waals surface area contributed by atoms with Crippen LogP contribution in [0.2, 0.25) is 0 Å². The van der Waals surface area contributed by atoms with Gasteiger partial charge < -0.3 is 0 Å². The molecule has 128 valence electrons. The minimum atomic E-state index is -0.0806. The molecule has 0 aliphatic heterocycles. The minimum Gasteiger partial charge on any atom is -0.300 e. The molecule has 0 aromatic rings. The zero-order valence-electron chi connectivity index (χ0n) is 15.3. The standard InChI is InChI=1S/C21H32O2/c1-18-9-6-16-15(19(18,2)10-5-14(22)13-18)7-11-21(4)17(23)8-12-20(16,21)3/h15-16H,5-13H2,1-4H3/t15-,16-,18-,19-,20+,21-/m0/s1. The van der Waals surface area contributed by atoms with Crippen molar-refractivity contribution in [2.45, 2.75) is 85.5 Å². The van der Waals surface area contributed by atoms with Crippen LogP contribution >= 0.6 is 0 Å². The number of rotatable bonds is 0. The molecule has 2 heteroatoms. The molecular weight excluding hydrogens is 284 g/mol. The summed E-state index contributed by atoms with van der Waals surface area (Å²) in [5.74, 6) is 2.39. The molecule has 23 heavy (non-hydrogen) atoms. The predicted octanol–water partition coefficient (Wildman–Crippen LogP) is 4.95. The van der Waals surface area contributed by atoms with Crippen molar-refractivity contribution in [1.82, 2.24) is 0 Å². The summed E-state index contributed by atoms with van der Waals surface area (Å²) in [6.45, 7) is 9.56. The van der Waals surface area contributed by atoms with Crippen molar-refractivity contribution in [1.29, 1.82) is 0 Å². The molecule has 6 atom stereocenters. The SMILES string of the molecule is C[C@@]12CC[C@H]3[C@H](CC[C@@]4(C)C(=O)CC[C@]34C)[C@]1(C)CCC(=O)C2. The van der Waals surface area contributed by atoms with Crippen molar-refractivity contribution in [3.63, 3.8) is 0 Å². The average Bonchev–Trinajstić information content (AvgIpc) is 2.73. The molecule has 4 aliphatic carbocycles. The third-order valence-corrected chi connectivity index (χ3v) is 9.72. The van der Waals surface area contributed by atoms with Crippen LogP contribution in [-0.4, -0.2) is 11.6 Å². The van der Waals surface area contributed by atoms with Gasteiger partial charge in [0.15, 0.2) is 0 Å². The lowest BCUT2D eigenvalue weighted by Crippen LogP contribution is -2.60. The maximum atomic E-state index is 12.6. The fourth-order valence-electron chi connectivity index (χ4n) is 7.54. The van der Waals surface area contributed by atoms with Crippen LogP contribution in [0.15, 0.2) is 0 Å². The molecule has 0 amide bonds. The highest BCUT2D eigenvalue weighted by molar-refractivity contribution is 5.88. The second-order valence-corrected chi connectivity index (χ2v) is 10.2. The molecule has 4 rings (SSSR count). The van der Waals surface area contributed by atoms with Crippen LogP contribution in [0.25, 0.3) is 0 Å². The molecular formula is C21H32O2. The second kappa shape index (κ2) is 4.49. The Morgan fingerprint density at radius 3 is 2.13 bits per heavy atom. The summed E-state index contributed by atoms with van der Waals surface area (Å²) in [6, 6.07) is 0. The van der Waals surface area contributed by atoms with Crippen molar-refractivity contribution in [3.8, 4) is 0 Å². The van der Waals surface area contributed by atoms with E-state index in [-0.39, 0.29) is 16.2 Å². The molecule has 4 saturated carbocycles. The molecule has 4 aliphatic rings. The Balaban J connectivity index is 1.75. The predicted molar refractivity (Wildman–Crippen MR) is 91.0 cm³/mol. The van der Waals surface area contributed by atoms with Crippen LogP contribution in [0.1, 0.15) is 85.5 Å². The first-order chi connectivity index (χ1) is 10.7. The molecule has 4 fully saturated rings. The molecule has 0 aromatic carbocycles. The third-order valence-electron chi connectivity index (χ3n) is 9.72. The smallest absolute Gasteiger partial charge is 0.139 e. The number of fused-ring (bicyclic) bond motifs is 5. The lowest BCUT2D eigenvalue weighted by molar-refractivity contribution is -0.182. The normalized spacial score (nSPS) is 56.0. The van der Waals surface area contributed by atoms with Crippen molar-refractivity contribution in [2.75, 3.05) is 0 Å². The van der Waals surface area contributed by atoms with Crippen LogP contribution in [0.4, 0.5) is 0 Å². The number of carbonyl (C=O) groups is 2. The van der Waals surface area contributed by atoms with Crippen LogP contribution in [0.5, 0.6) is 0 Å². The fraction of sp³-hybridized carbons (Fsp3) is 0.905. The first kappa shape index (κ1) is 15.8. The van der Waals surface area contributed by atoms with Crippen LogP contribution in [0, 0.1) is 33.5 Å². The van der Waals surface area contributed by atoms with Crippen molar-refractivity contribution >= 4 is 11.6 Å². The van der Waals surface area contributed by atoms with Gasteiger partial charge in [-0.05, 0) is 66.6 Å². The maximum Gasteiger partial charge on any atom is 0.139 e. The molecule has 0 unspecified atom stereocenters. The Morgan fingerprint density at radius 2 is 1.39 bits per heavy atom. The summed E-state index contributed by atoms with van der Waals surface area (Å²) in [6.07, 6.45) is 9.20. The van der Waals surface area contributed by atoms with Crippen LogP contribution in [0.3, 0.4) is 0 Å². The molecule has 0 bridgehead atoms.